The Balaban J connectivity index is 1.53. The first kappa shape index (κ1) is 18.2. The van der Waals surface area contributed by atoms with E-state index in [1.54, 1.807) is 10.6 Å². The first-order valence-electron chi connectivity index (χ1n) is 9.82. The smallest absolute Gasteiger partial charge is 0.290 e. The molecule has 2 aromatic heterocycles. The summed E-state index contributed by atoms with van der Waals surface area (Å²) in [6.07, 6.45) is 5.73. The van der Waals surface area contributed by atoms with Gasteiger partial charge >= 0.3 is 0 Å². The number of benzene rings is 1. The van der Waals surface area contributed by atoms with Gasteiger partial charge in [0.05, 0.1) is 5.52 Å². The molecule has 6 heteroatoms. The number of nitrogens with one attached hydrogen (secondary N) is 1. The molecule has 0 bridgehead atoms. The number of carbonyl (C=O) groups is 2. The molecule has 1 aliphatic rings. The number of nitrogens with zero attached hydrogens (tertiary/aromatic N) is 3. The van der Waals surface area contributed by atoms with E-state index in [2.05, 4.69) is 10.3 Å². The second-order valence-corrected chi connectivity index (χ2v) is 7.08. The molecule has 0 unspecified atom stereocenters. The minimum Gasteiger partial charge on any atom is -0.350 e. The van der Waals surface area contributed by atoms with Crippen LogP contribution < -0.4 is 5.32 Å². The van der Waals surface area contributed by atoms with Crippen LogP contribution in [-0.4, -0.2) is 45.7 Å². The molecule has 1 N–H and O–H groups in total. The minimum absolute atomic E-state index is 0.107. The highest BCUT2D eigenvalue weighted by molar-refractivity contribution is 6.02. The van der Waals surface area contributed by atoms with E-state index in [1.165, 1.54) is 5.56 Å². The normalized spacial score (nSPS) is 14.2. The van der Waals surface area contributed by atoms with Gasteiger partial charge in [-0.1, -0.05) is 36.4 Å². The molecular weight excluding hydrogens is 352 g/mol. The second kappa shape index (κ2) is 8.25. The lowest BCUT2D eigenvalue weighted by Crippen LogP contribution is -2.36. The Bertz CT molecular complexity index is 975. The van der Waals surface area contributed by atoms with Crippen LogP contribution in [-0.2, 0) is 6.42 Å². The zero-order chi connectivity index (χ0) is 19.3. The van der Waals surface area contributed by atoms with E-state index in [0.717, 1.165) is 38.8 Å². The van der Waals surface area contributed by atoms with Crippen molar-refractivity contribution in [2.24, 2.45) is 0 Å². The molecule has 144 valence electrons. The molecule has 1 aromatic carbocycles. The van der Waals surface area contributed by atoms with E-state index in [0.29, 0.717) is 23.6 Å². The predicted molar refractivity (Wildman–Crippen MR) is 107 cm³/mol. The largest absolute Gasteiger partial charge is 0.350 e. The number of hydrogen-bond acceptors (Lipinski definition) is 3. The van der Waals surface area contributed by atoms with E-state index in [4.69, 9.17) is 0 Å². The van der Waals surface area contributed by atoms with Crippen molar-refractivity contribution in [3.05, 3.63) is 71.8 Å². The second-order valence-electron chi connectivity index (χ2n) is 7.08. The zero-order valence-corrected chi connectivity index (χ0v) is 15.8. The van der Waals surface area contributed by atoms with Crippen LogP contribution in [0.2, 0.25) is 0 Å². The maximum atomic E-state index is 13.0. The molecule has 4 rings (SSSR count). The molecule has 0 radical (unpaired) electrons. The Morgan fingerprint density at radius 1 is 0.964 bits per heavy atom. The summed E-state index contributed by atoms with van der Waals surface area (Å²) in [5, 5.41) is 2.93. The number of hydrogen-bond donors (Lipinski definition) is 1. The van der Waals surface area contributed by atoms with Gasteiger partial charge in [-0.2, -0.15) is 0 Å². The van der Waals surface area contributed by atoms with Crippen LogP contribution in [0.5, 0.6) is 0 Å². The molecule has 28 heavy (non-hydrogen) atoms. The lowest BCUT2D eigenvalue weighted by Gasteiger charge is -2.25. The fourth-order valence-corrected chi connectivity index (χ4v) is 3.64. The van der Waals surface area contributed by atoms with Crippen LogP contribution in [0.3, 0.4) is 0 Å². The molecule has 1 saturated heterocycles. The van der Waals surface area contributed by atoms with E-state index in [-0.39, 0.29) is 11.8 Å². The van der Waals surface area contributed by atoms with Crippen LogP contribution in [0.25, 0.3) is 5.52 Å². The Hall–Kier alpha value is -3.15. The molecule has 0 aliphatic carbocycles. The fraction of sp³-hybridized carbons (Fsp3) is 0.318. The van der Waals surface area contributed by atoms with Crippen LogP contribution in [0.4, 0.5) is 0 Å². The van der Waals surface area contributed by atoms with Gasteiger partial charge in [-0.25, -0.2) is 4.98 Å². The van der Waals surface area contributed by atoms with Crippen molar-refractivity contribution >= 4 is 17.3 Å². The number of fused-ring (bicyclic) bond motifs is 1. The van der Waals surface area contributed by atoms with E-state index in [1.807, 2.05) is 53.4 Å². The number of amides is 2. The number of imidazole rings is 1. The van der Waals surface area contributed by atoms with Crippen molar-refractivity contribution in [3.8, 4) is 0 Å². The van der Waals surface area contributed by atoms with Gasteiger partial charge in [0.1, 0.15) is 0 Å². The van der Waals surface area contributed by atoms with Crippen molar-refractivity contribution < 1.29 is 9.59 Å². The average molecular weight is 376 g/mol. The monoisotopic (exact) mass is 376 g/mol. The molecule has 3 heterocycles. The highest BCUT2D eigenvalue weighted by atomic mass is 16.2. The average Bonchev–Trinajstić information content (AvgIpc) is 3.14. The third-order valence-corrected chi connectivity index (χ3v) is 5.14. The summed E-state index contributed by atoms with van der Waals surface area (Å²) >= 11 is 0. The molecule has 1 aliphatic heterocycles. The van der Waals surface area contributed by atoms with Gasteiger partial charge in [0.15, 0.2) is 5.69 Å². The van der Waals surface area contributed by atoms with Crippen molar-refractivity contribution in [3.63, 3.8) is 0 Å². The molecule has 0 atom stereocenters. The van der Waals surface area contributed by atoms with E-state index < -0.39 is 0 Å². The first-order valence-corrected chi connectivity index (χ1v) is 9.82. The summed E-state index contributed by atoms with van der Waals surface area (Å²) in [7, 11) is 0. The fourth-order valence-electron chi connectivity index (χ4n) is 3.64. The van der Waals surface area contributed by atoms with Crippen LogP contribution >= 0.6 is 0 Å². The van der Waals surface area contributed by atoms with E-state index >= 15 is 0 Å². The van der Waals surface area contributed by atoms with Gasteiger partial charge in [0.25, 0.3) is 11.8 Å². The van der Waals surface area contributed by atoms with Crippen molar-refractivity contribution in [2.45, 2.75) is 25.7 Å². The highest BCUT2D eigenvalue weighted by Gasteiger charge is 2.25. The third kappa shape index (κ3) is 3.76. The summed E-state index contributed by atoms with van der Waals surface area (Å²) < 4.78 is 1.73. The molecule has 1 fully saturated rings. The number of likely N-dealkylation sites (tertiary alicyclic amines) is 1. The van der Waals surface area contributed by atoms with Crippen molar-refractivity contribution in [1.82, 2.24) is 19.6 Å². The van der Waals surface area contributed by atoms with Gasteiger partial charge in [-0.05, 0) is 43.4 Å². The predicted octanol–water partition coefficient (Wildman–Crippen LogP) is 2.93. The van der Waals surface area contributed by atoms with Gasteiger partial charge < -0.3 is 10.2 Å². The first-order chi connectivity index (χ1) is 13.7. The van der Waals surface area contributed by atoms with Crippen molar-refractivity contribution in [1.29, 1.82) is 0 Å². The number of aromatic nitrogens is 2. The lowest BCUT2D eigenvalue weighted by atomic mass is 10.1. The topological polar surface area (TPSA) is 66.7 Å². The molecule has 3 aromatic rings. The SMILES string of the molecule is O=C(NCCc1ccccc1)c1nc(C(=O)N2CCCCC2)n2ccccc12. The molecule has 0 spiro atoms. The van der Waals surface area contributed by atoms with Gasteiger partial charge in [0.2, 0.25) is 5.82 Å². The van der Waals surface area contributed by atoms with Gasteiger partial charge in [-0.3, -0.25) is 14.0 Å². The standard InChI is InChI=1S/C22H24N4O2/c27-21(23-13-12-17-9-3-1-4-10-17)19-18-11-5-8-16-26(18)20(24-19)22(28)25-14-6-2-7-15-25/h1,3-5,8-11,16H,2,6-7,12-15H2,(H,23,27). The maximum absolute atomic E-state index is 13.0. The Morgan fingerprint density at radius 2 is 1.71 bits per heavy atom. The number of rotatable bonds is 5. The summed E-state index contributed by atoms with van der Waals surface area (Å²) in [5.41, 5.74) is 2.12. The van der Waals surface area contributed by atoms with Crippen LogP contribution in [0.1, 0.15) is 45.9 Å². The highest BCUT2D eigenvalue weighted by Crippen LogP contribution is 2.17. The zero-order valence-electron chi connectivity index (χ0n) is 15.8. The number of pyridine rings is 1. The van der Waals surface area contributed by atoms with Crippen LogP contribution in [0, 0.1) is 0 Å². The maximum Gasteiger partial charge on any atom is 0.290 e. The van der Waals surface area contributed by atoms with E-state index in [9.17, 15) is 9.59 Å². The van der Waals surface area contributed by atoms with Crippen LogP contribution in [0.15, 0.2) is 54.7 Å². The summed E-state index contributed by atoms with van der Waals surface area (Å²) in [4.78, 5) is 32.0. The quantitative estimate of drug-likeness (QED) is 0.745. The summed E-state index contributed by atoms with van der Waals surface area (Å²) in [6.45, 7) is 2.02. The number of piperidine rings is 1. The molecule has 6 nitrogen and oxygen atoms in total. The third-order valence-electron chi connectivity index (χ3n) is 5.14. The van der Waals surface area contributed by atoms with Crippen molar-refractivity contribution in [2.75, 3.05) is 19.6 Å². The Morgan fingerprint density at radius 3 is 2.50 bits per heavy atom. The van der Waals surface area contributed by atoms with Gasteiger partial charge in [-0.15, -0.1) is 0 Å². The summed E-state index contributed by atoms with van der Waals surface area (Å²) in [5.74, 6) is -0.0488. The number of carbonyl (C=O) groups excluding carboxylic acids is 2. The minimum atomic E-state index is -0.252. The summed E-state index contributed by atoms with van der Waals surface area (Å²) in [6, 6.07) is 15.5. The Labute approximate surface area is 164 Å². The lowest BCUT2D eigenvalue weighted by molar-refractivity contribution is 0.0711. The molecular formula is C22H24N4O2. The molecule has 0 saturated carbocycles. The Kier molecular flexibility index (Phi) is 5.37. The molecule has 2 amide bonds. The van der Waals surface area contributed by atoms with Gasteiger partial charge in [0, 0.05) is 25.8 Å².